The molecule has 2 rings (SSSR count). The lowest BCUT2D eigenvalue weighted by molar-refractivity contribution is 0.0921. The molecule has 2 aromatic rings. The van der Waals surface area contributed by atoms with Crippen LogP contribution in [0.2, 0.25) is 0 Å². The van der Waals surface area contributed by atoms with Crippen LogP contribution < -0.4 is 5.32 Å². The summed E-state index contributed by atoms with van der Waals surface area (Å²) in [6, 6.07) is 11.0. The van der Waals surface area contributed by atoms with Gasteiger partial charge in [0.2, 0.25) is 0 Å². The van der Waals surface area contributed by atoms with Crippen LogP contribution in [0.1, 0.15) is 34.4 Å². The van der Waals surface area contributed by atoms with E-state index in [9.17, 15) is 4.79 Å². The van der Waals surface area contributed by atoms with Crippen LogP contribution >= 0.6 is 0 Å². The summed E-state index contributed by atoms with van der Waals surface area (Å²) >= 11 is 0. The van der Waals surface area contributed by atoms with Gasteiger partial charge in [0.15, 0.2) is 5.76 Å². The first-order valence-electron chi connectivity index (χ1n) is 6.78. The molecule has 0 radical (unpaired) electrons. The number of amides is 1. The normalized spacial score (nSPS) is 9.81. The van der Waals surface area contributed by atoms with Gasteiger partial charge < -0.3 is 14.8 Å². The number of hydrogen-bond donors (Lipinski definition) is 2. The van der Waals surface area contributed by atoms with Crippen LogP contribution in [0, 0.1) is 11.8 Å². The Balaban J connectivity index is 1.91. The molecule has 0 fully saturated rings. The second-order valence-electron chi connectivity index (χ2n) is 4.46. The molecule has 0 spiro atoms. The molecule has 1 heterocycles. The molecule has 0 bridgehead atoms. The Labute approximate surface area is 123 Å². The van der Waals surface area contributed by atoms with Crippen molar-refractivity contribution in [3.05, 3.63) is 59.0 Å². The lowest BCUT2D eigenvalue weighted by atomic mass is 10.1. The molecule has 1 aromatic heterocycles. The molecule has 0 aliphatic carbocycles. The Kier molecular flexibility index (Phi) is 5.19. The summed E-state index contributed by atoms with van der Waals surface area (Å²) in [5.41, 5.74) is 1.80. The molecule has 0 aliphatic rings. The molecule has 0 aliphatic heterocycles. The molecular formula is C17H17NO3. The number of carbonyl (C=O) groups excluding carboxylic acids is 1. The molecule has 1 amide bonds. The fourth-order valence-corrected chi connectivity index (χ4v) is 1.81. The Morgan fingerprint density at radius 1 is 1.24 bits per heavy atom. The van der Waals surface area contributed by atoms with Crippen LogP contribution in [-0.2, 0) is 13.0 Å². The number of nitrogens with one attached hydrogen (secondary N) is 1. The summed E-state index contributed by atoms with van der Waals surface area (Å²) in [6.07, 6.45) is 0.767. The fourth-order valence-electron chi connectivity index (χ4n) is 1.81. The minimum atomic E-state index is -0.223. The molecule has 2 N–H and O–H groups in total. The number of aliphatic hydroxyl groups is 1. The van der Waals surface area contributed by atoms with Gasteiger partial charge in [-0.3, -0.25) is 4.79 Å². The number of rotatable bonds is 4. The first-order valence-corrected chi connectivity index (χ1v) is 6.78. The largest absolute Gasteiger partial charge is 0.456 e. The average molecular weight is 283 g/mol. The van der Waals surface area contributed by atoms with E-state index < -0.39 is 0 Å². The number of aryl methyl sites for hydroxylation is 1. The van der Waals surface area contributed by atoms with Crippen molar-refractivity contribution in [2.45, 2.75) is 19.9 Å². The second kappa shape index (κ2) is 7.32. The standard InChI is InChI=1S/C17H17NO3/c1-2-15-9-10-16(21-15)17(20)18-12-14-7-5-13(6-8-14)4-3-11-19/h5-10,19H,2,11-12H2,1H3,(H,18,20). The Morgan fingerprint density at radius 2 is 2.00 bits per heavy atom. The second-order valence-corrected chi connectivity index (χ2v) is 4.46. The zero-order valence-electron chi connectivity index (χ0n) is 11.8. The zero-order chi connectivity index (χ0) is 15.1. The SMILES string of the molecule is CCc1ccc(C(=O)NCc2ccc(C#CCO)cc2)o1. The molecule has 0 atom stereocenters. The molecular weight excluding hydrogens is 266 g/mol. The minimum Gasteiger partial charge on any atom is -0.456 e. The molecule has 1 aromatic carbocycles. The van der Waals surface area contributed by atoms with E-state index in [4.69, 9.17) is 9.52 Å². The molecule has 4 heteroatoms. The van der Waals surface area contributed by atoms with Crippen molar-refractivity contribution in [1.82, 2.24) is 5.32 Å². The number of hydrogen-bond acceptors (Lipinski definition) is 3. The summed E-state index contributed by atoms with van der Waals surface area (Å²) in [5, 5.41) is 11.4. The summed E-state index contributed by atoms with van der Waals surface area (Å²) < 4.78 is 5.39. The summed E-state index contributed by atoms with van der Waals surface area (Å²) in [4.78, 5) is 11.9. The van der Waals surface area contributed by atoms with Gasteiger partial charge in [-0.1, -0.05) is 30.9 Å². The third-order valence-electron chi connectivity index (χ3n) is 2.95. The summed E-state index contributed by atoms with van der Waals surface area (Å²) in [6.45, 7) is 2.25. The van der Waals surface area contributed by atoms with Crippen molar-refractivity contribution in [3.63, 3.8) is 0 Å². The number of carbonyl (C=O) groups is 1. The van der Waals surface area contributed by atoms with Crippen molar-refractivity contribution in [3.8, 4) is 11.8 Å². The van der Waals surface area contributed by atoms with Gasteiger partial charge in [0.25, 0.3) is 5.91 Å². The van der Waals surface area contributed by atoms with Gasteiger partial charge in [-0.25, -0.2) is 0 Å². The third-order valence-corrected chi connectivity index (χ3v) is 2.95. The van der Waals surface area contributed by atoms with E-state index in [0.717, 1.165) is 23.3 Å². The van der Waals surface area contributed by atoms with Gasteiger partial charge in [0, 0.05) is 18.5 Å². The van der Waals surface area contributed by atoms with Gasteiger partial charge in [0.1, 0.15) is 12.4 Å². The Morgan fingerprint density at radius 3 is 2.62 bits per heavy atom. The van der Waals surface area contributed by atoms with E-state index in [1.807, 2.05) is 37.3 Å². The van der Waals surface area contributed by atoms with E-state index in [-0.39, 0.29) is 12.5 Å². The monoisotopic (exact) mass is 283 g/mol. The molecule has 0 saturated carbocycles. The molecule has 4 nitrogen and oxygen atoms in total. The minimum absolute atomic E-state index is 0.152. The third kappa shape index (κ3) is 4.23. The smallest absolute Gasteiger partial charge is 0.287 e. The molecule has 0 unspecified atom stereocenters. The maximum Gasteiger partial charge on any atom is 0.287 e. The number of furan rings is 1. The lowest BCUT2D eigenvalue weighted by Crippen LogP contribution is -2.22. The van der Waals surface area contributed by atoms with E-state index in [2.05, 4.69) is 17.2 Å². The predicted molar refractivity (Wildman–Crippen MR) is 79.7 cm³/mol. The van der Waals surface area contributed by atoms with Crippen molar-refractivity contribution in [1.29, 1.82) is 0 Å². The van der Waals surface area contributed by atoms with Crippen molar-refractivity contribution in [2.75, 3.05) is 6.61 Å². The van der Waals surface area contributed by atoms with Gasteiger partial charge in [-0.2, -0.15) is 0 Å². The van der Waals surface area contributed by atoms with Crippen LogP contribution in [0.15, 0.2) is 40.8 Å². The highest BCUT2D eigenvalue weighted by molar-refractivity contribution is 5.91. The lowest BCUT2D eigenvalue weighted by Gasteiger charge is -2.03. The van der Waals surface area contributed by atoms with Crippen molar-refractivity contribution in [2.24, 2.45) is 0 Å². The Hall–Kier alpha value is -2.51. The van der Waals surface area contributed by atoms with E-state index in [1.54, 1.807) is 6.07 Å². The van der Waals surface area contributed by atoms with Crippen LogP contribution in [-0.4, -0.2) is 17.6 Å². The number of aliphatic hydroxyl groups excluding tert-OH is 1. The van der Waals surface area contributed by atoms with Crippen LogP contribution in [0.5, 0.6) is 0 Å². The first kappa shape index (κ1) is 14.9. The van der Waals surface area contributed by atoms with Crippen LogP contribution in [0.25, 0.3) is 0 Å². The van der Waals surface area contributed by atoms with E-state index in [1.165, 1.54) is 0 Å². The Bertz CT molecular complexity index is 659. The van der Waals surface area contributed by atoms with Gasteiger partial charge >= 0.3 is 0 Å². The highest BCUT2D eigenvalue weighted by Crippen LogP contribution is 2.09. The first-order chi connectivity index (χ1) is 10.2. The van der Waals surface area contributed by atoms with Crippen LogP contribution in [0.3, 0.4) is 0 Å². The van der Waals surface area contributed by atoms with Crippen molar-refractivity contribution >= 4 is 5.91 Å². The van der Waals surface area contributed by atoms with Gasteiger partial charge in [-0.05, 0) is 29.8 Å². The summed E-state index contributed by atoms with van der Waals surface area (Å²) in [7, 11) is 0. The fraction of sp³-hybridized carbons (Fsp3) is 0.235. The van der Waals surface area contributed by atoms with Crippen molar-refractivity contribution < 1.29 is 14.3 Å². The maximum atomic E-state index is 11.9. The molecule has 108 valence electrons. The van der Waals surface area contributed by atoms with E-state index in [0.29, 0.717) is 12.3 Å². The quantitative estimate of drug-likeness (QED) is 0.845. The average Bonchev–Trinajstić information content (AvgIpc) is 3.00. The topological polar surface area (TPSA) is 62.5 Å². The predicted octanol–water partition coefficient (Wildman–Crippen LogP) is 2.12. The van der Waals surface area contributed by atoms with Gasteiger partial charge in [0.05, 0.1) is 0 Å². The summed E-state index contributed by atoms with van der Waals surface area (Å²) in [5.74, 6) is 6.31. The van der Waals surface area contributed by atoms with E-state index >= 15 is 0 Å². The molecule has 21 heavy (non-hydrogen) atoms. The maximum absolute atomic E-state index is 11.9. The highest BCUT2D eigenvalue weighted by atomic mass is 16.3. The highest BCUT2D eigenvalue weighted by Gasteiger charge is 2.09. The van der Waals surface area contributed by atoms with Gasteiger partial charge in [-0.15, -0.1) is 0 Å². The number of benzene rings is 1. The molecule has 0 saturated heterocycles. The van der Waals surface area contributed by atoms with Crippen LogP contribution in [0.4, 0.5) is 0 Å². The zero-order valence-corrected chi connectivity index (χ0v) is 11.8.